The maximum atomic E-state index is 13.1. The molecule has 102 heavy (non-hydrogen) atoms. The third kappa shape index (κ3) is 18.1. The fourth-order valence-corrected chi connectivity index (χ4v) is 12.5. The van der Waals surface area contributed by atoms with E-state index < -0.39 is 39.3 Å². The van der Waals surface area contributed by atoms with E-state index in [0.29, 0.717) is 113 Å². The molecule has 3 aromatic heterocycles. The molecule has 12 rings (SSSR count). The zero-order valence-electron chi connectivity index (χ0n) is 55.3. The molecule has 0 bridgehead atoms. The van der Waals surface area contributed by atoms with Gasteiger partial charge >= 0.3 is 6.18 Å². The average molecular weight is 1410 g/mol. The number of carbonyl (C=O) groups excluding carboxylic acids is 6. The number of hydrogen-bond donors (Lipinski definition) is 3. The molecule has 3 aliphatic rings. The predicted molar refractivity (Wildman–Crippen MR) is 371 cm³/mol. The molecule has 6 heterocycles. The Hall–Kier alpha value is -11.9. The van der Waals surface area contributed by atoms with Crippen LogP contribution in [-0.2, 0) is 30.4 Å². The van der Waals surface area contributed by atoms with Crippen molar-refractivity contribution >= 4 is 45.3 Å². The predicted octanol–water partition coefficient (Wildman–Crippen LogP) is 11.9. The number of nitrogens with two attached hydrogens (primary N) is 3. The van der Waals surface area contributed by atoms with Crippen LogP contribution in [0.2, 0.25) is 0 Å². The van der Waals surface area contributed by atoms with Gasteiger partial charge in [-0.3, -0.25) is 42.8 Å². The van der Waals surface area contributed by atoms with E-state index in [9.17, 15) is 54.7 Å². The summed E-state index contributed by atoms with van der Waals surface area (Å²) in [5, 5.41) is 13.9. The van der Waals surface area contributed by atoms with E-state index >= 15 is 0 Å². The number of piperidine rings is 3. The van der Waals surface area contributed by atoms with Crippen LogP contribution in [0.1, 0.15) is 93.3 Å². The number of rotatable bonds is 19. The Bertz CT molecular complexity index is 4680. The molecule has 0 aliphatic carbocycles. The molecular weight excluding hydrogens is 1340 g/mol. The van der Waals surface area contributed by atoms with Crippen molar-refractivity contribution in [2.75, 3.05) is 45.5 Å². The van der Waals surface area contributed by atoms with Gasteiger partial charge in [-0.2, -0.15) is 28.5 Å². The van der Waals surface area contributed by atoms with Gasteiger partial charge in [0.1, 0.15) is 57.4 Å². The van der Waals surface area contributed by atoms with Crippen molar-refractivity contribution in [1.29, 1.82) is 0 Å². The lowest BCUT2D eigenvalue weighted by Gasteiger charge is -2.32. The van der Waals surface area contributed by atoms with E-state index in [-0.39, 0.29) is 57.9 Å². The Kier molecular flexibility index (Phi) is 22.8. The number of likely N-dealkylation sites (tertiary alicyclic amines) is 3. The number of alkyl halides is 3. The third-order valence-electron chi connectivity index (χ3n) is 17.1. The number of aromatic nitrogens is 6. The molecule has 6 N–H and O–H groups in total. The molecule has 9 aromatic rings. The van der Waals surface area contributed by atoms with Crippen molar-refractivity contribution in [3.63, 3.8) is 0 Å². The number of nitrogens with zero attached hydrogens (tertiary/aromatic N) is 9. The normalized spacial score (nSPS) is 16.0. The topological polar surface area (TPSA) is 305 Å². The van der Waals surface area contributed by atoms with Gasteiger partial charge in [-0.1, -0.05) is 19.7 Å². The Morgan fingerprint density at radius 2 is 0.716 bits per heavy atom. The number of sulfone groups is 1. The minimum Gasteiger partial charge on any atom is -0.457 e. The van der Waals surface area contributed by atoms with Gasteiger partial charge in [-0.15, -0.1) is 0 Å². The van der Waals surface area contributed by atoms with Crippen LogP contribution in [0.3, 0.4) is 0 Å². The van der Waals surface area contributed by atoms with Crippen LogP contribution < -0.4 is 31.4 Å². The first-order valence-electron chi connectivity index (χ1n) is 32.2. The molecule has 23 nitrogen and oxygen atoms in total. The number of carbonyl (C=O) groups is 6. The molecule has 6 amide bonds. The van der Waals surface area contributed by atoms with E-state index in [4.69, 9.17) is 31.4 Å². The summed E-state index contributed by atoms with van der Waals surface area (Å²) in [7, 11) is -3.28. The highest BCUT2D eigenvalue weighted by Gasteiger charge is 2.32. The zero-order chi connectivity index (χ0) is 73.0. The van der Waals surface area contributed by atoms with Gasteiger partial charge in [0.05, 0.1) is 45.3 Å². The summed E-state index contributed by atoms with van der Waals surface area (Å²) >= 11 is 0. The molecule has 3 aliphatic heterocycles. The monoisotopic (exact) mass is 1410 g/mol. The second-order valence-corrected chi connectivity index (χ2v) is 26.2. The van der Waals surface area contributed by atoms with E-state index in [1.807, 2.05) is 0 Å². The number of hydrogen-bond acceptors (Lipinski definition) is 14. The molecule has 0 unspecified atom stereocenters. The lowest BCUT2D eigenvalue weighted by Crippen LogP contribution is -2.40. The first-order valence-corrected chi connectivity index (χ1v) is 34.1. The number of halogens is 4. The van der Waals surface area contributed by atoms with E-state index in [0.717, 1.165) is 56.9 Å². The maximum Gasteiger partial charge on any atom is 0.416 e. The van der Waals surface area contributed by atoms with Crippen LogP contribution in [-0.4, -0.2) is 133 Å². The number of amides is 6. The van der Waals surface area contributed by atoms with Crippen molar-refractivity contribution in [3.8, 4) is 68.3 Å². The zero-order valence-corrected chi connectivity index (χ0v) is 56.1. The average Bonchev–Trinajstić information content (AvgIpc) is 1.66. The number of primary amides is 3. The first kappa shape index (κ1) is 72.8. The summed E-state index contributed by atoms with van der Waals surface area (Å²) in [6, 6.07) is 36.7. The lowest BCUT2D eigenvalue weighted by atomic mass is 10.1. The number of ether oxygens (including phenoxy) is 3. The lowest BCUT2D eigenvalue weighted by molar-refractivity contribution is -0.137. The Balaban J connectivity index is 0.000000165. The Labute approximate surface area is 584 Å². The van der Waals surface area contributed by atoms with Crippen molar-refractivity contribution < 1.29 is 69.0 Å². The summed E-state index contributed by atoms with van der Waals surface area (Å²) < 4.78 is 96.7. The highest BCUT2D eigenvalue weighted by molar-refractivity contribution is 7.90. The highest BCUT2D eigenvalue weighted by Crippen LogP contribution is 2.36. The van der Waals surface area contributed by atoms with Crippen molar-refractivity contribution in [2.45, 2.75) is 67.7 Å². The van der Waals surface area contributed by atoms with Crippen molar-refractivity contribution in [1.82, 2.24) is 44.0 Å². The molecule has 3 saturated heterocycles. The van der Waals surface area contributed by atoms with Crippen LogP contribution in [0.15, 0.2) is 207 Å². The van der Waals surface area contributed by atoms with Gasteiger partial charge < -0.3 is 46.1 Å². The summed E-state index contributed by atoms with van der Waals surface area (Å²) in [5.41, 5.74) is 20.2. The minimum atomic E-state index is -4.42. The van der Waals surface area contributed by atoms with E-state index in [2.05, 4.69) is 35.0 Å². The van der Waals surface area contributed by atoms with Crippen molar-refractivity contribution in [2.24, 2.45) is 17.2 Å². The largest absolute Gasteiger partial charge is 0.457 e. The first-order chi connectivity index (χ1) is 48.7. The smallest absolute Gasteiger partial charge is 0.416 e. The van der Waals surface area contributed by atoms with Gasteiger partial charge in [-0.25, -0.2) is 12.8 Å². The summed E-state index contributed by atoms with van der Waals surface area (Å²) in [4.78, 5) is 77.7. The molecule has 6 aromatic carbocycles. The Morgan fingerprint density at radius 1 is 0.451 bits per heavy atom. The van der Waals surface area contributed by atoms with E-state index in [1.54, 1.807) is 144 Å². The fraction of sp³-hybridized carbons (Fsp3) is 0.230. The van der Waals surface area contributed by atoms with Gasteiger partial charge in [0.25, 0.3) is 17.7 Å². The standard InChI is InChI=1S/C25H23F3N4O3.C25H26N4O5S.C24H23FN4O3/c1-2-22(33)31-13-3-4-18(14-31)32-15-21(24(29)34)23(30-32)16-5-9-19(10-6-16)35-20-11-7-17(8-12-20)25(26,27)28;1-3-23(30)28-14-4-5-18(15-28)29-16-22(25(26)31)24(27-29)17-6-8-19(9-7-17)34-20-10-12-21(13-11-20)35(2,32)33;1-2-22(30)28-13-3-4-18(14-28)29-15-21(24(26)31)23(27-29)16-5-9-19(10-6-16)32-20-11-7-17(25)8-12-20/h2,5-12,15,18H,1,3-4,13-14H2,(H2,29,34);3,6-13,16,18H,1,4-5,14-15H2,2H3,(H2,26,31);2,5-12,15,18H,1,3-4,13-14H2,(H2,26,31)/t3*18-/m111/s1. The SMILES string of the molecule is C=CC(=O)N1CCC[C@@H](n2cc(C(N)=O)c(-c3ccc(Oc4ccc(C(F)(F)F)cc4)cc3)n2)C1.C=CC(=O)N1CCC[C@@H](n2cc(C(N)=O)c(-c3ccc(Oc4ccc(F)cc4)cc3)n2)C1.C=CC(=O)N1CCC[C@@H](n2cc(C(N)=O)c(-c3ccc(Oc4ccc(S(C)(=O)=O)cc4)cc3)n2)C1. The molecule has 3 fully saturated rings. The quantitative estimate of drug-likeness (QED) is 0.0501. The molecule has 0 saturated carbocycles. The summed E-state index contributed by atoms with van der Waals surface area (Å²) in [5.74, 6) is 0.221. The second-order valence-electron chi connectivity index (χ2n) is 24.2. The Morgan fingerprint density at radius 3 is 0.971 bits per heavy atom. The molecule has 0 spiro atoms. The fourth-order valence-electron chi connectivity index (χ4n) is 11.8. The van der Waals surface area contributed by atoms with Gasteiger partial charge in [0.15, 0.2) is 9.84 Å². The van der Waals surface area contributed by atoms with Crippen LogP contribution in [0.25, 0.3) is 33.8 Å². The third-order valence-corrected chi connectivity index (χ3v) is 18.2. The molecule has 28 heteroatoms. The van der Waals surface area contributed by atoms with Crippen LogP contribution in [0, 0.1) is 5.82 Å². The summed E-state index contributed by atoms with van der Waals surface area (Å²) in [6.07, 6.45) is 10.4. The van der Waals surface area contributed by atoms with Gasteiger partial charge in [0, 0.05) is 80.8 Å². The molecule has 528 valence electrons. The van der Waals surface area contributed by atoms with Gasteiger partial charge in [0.2, 0.25) is 17.7 Å². The molecular formula is C74H72F4N12O11S. The number of benzene rings is 6. The summed E-state index contributed by atoms with van der Waals surface area (Å²) in [6.45, 7) is 14.0. The molecule has 0 radical (unpaired) electrons. The minimum absolute atomic E-state index is 0.0550. The maximum absolute atomic E-state index is 13.1. The van der Waals surface area contributed by atoms with E-state index in [1.165, 1.54) is 54.6 Å². The van der Waals surface area contributed by atoms with Crippen LogP contribution in [0.5, 0.6) is 34.5 Å². The second kappa shape index (κ2) is 31.9. The highest BCUT2D eigenvalue weighted by atomic mass is 32.2. The van der Waals surface area contributed by atoms with Gasteiger partial charge in [-0.05, 0) is 202 Å². The molecule has 3 atom stereocenters. The van der Waals surface area contributed by atoms with Crippen LogP contribution in [0.4, 0.5) is 17.6 Å². The van der Waals surface area contributed by atoms with Crippen molar-refractivity contribution in [3.05, 3.63) is 230 Å². The van der Waals surface area contributed by atoms with Crippen LogP contribution >= 0.6 is 0 Å².